The molecule has 0 bridgehead atoms. The van der Waals surface area contributed by atoms with E-state index in [0.717, 1.165) is 25.9 Å². The second kappa shape index (κ2) is 9.52. The van der Waals surface area contributed by atoms with Crippen molar-refractivity contribution >= 4 is 33.3 Å². The van der Waals surface area contributed by atoms with Gasteiger partial charge in [-0.1, -0.05) is 87.6 Å². The number of fused-ring (bicyclic) bond motifs is 2. The van der Waals surface area contributed by atoms with Crippen molar-refractivity contribution in [3.05, 3.63) is 100 Å². The Morgan fingerprint density at radius 2 is 1.72 bits per heavy atom. The van der Waals surface area contributed by atoms with E-state index in [4.69, 9.17) is 0 Å². The van der Waals surface area contributed by atoms with Crippen LogP contribution in [0.4, 0.5) is 5.69 Å². The maximum atomic E-state index is 2.47. The molecule has 36 heavy (non-hydrogen) atoms. The second-order valence-corrected chi connectivity index (χ2v) is 12.5. The van der Waals surface area contributed by atoms with E-state index in [-0.39, 0.29) is 10.8 Å². The van der Waals surface area contributed by atoms with Gasteiger partial charge in [-0.25, -0.2) is 0 Å². The Hall–Kier alpha value is -2.91. The molecule has 0 spiro atoms. The summed E-state index contributed by atoms with van der Waals surface area (Å²) >= 11 is 1.90. The molecule has 2 aromatic carbocycles. The lowest BCUT2D eigenvalue weighted by atomic mass is 9.75. The summed E-state index contributed by atoms with van der Waals surface area (Å²) in [6, 6.07) is 17.6. The first-order valence-electron chi connectivity index (χ1n) is 13.3. The number of allylic oxidation sites excluding steroid dienone is 7. The predicted octanol–water partition coefficient (Wildman–Crippen LogP) is 8.60. The second-order valence-electron chi connectivity index (χ2n) is 11.4. The van der Waals surface area contributed by atoms with Crippen molar-refractivity contribution in [2.75, 3.05) is 11.4 Å². The third kappa shape index (κ3) is 4.50. The van der Waals surface area contributed by atoms with Gasteiger partial charge < -0.3 is 4.90 Å². The fraction of sp³-hybridized carbons (Fsp3) is 0.364. The van der Waals surface area contributed by atoms with E-state index in [1.54, 1.807) is 0 Å². The fourth-order valence-corrected chi connectivity index (χ4v) is 7.30. The first-order valence-corrected chi connectivity index (χ1v) is 14.1. The normalized spacial score (nSPS) is 21.1. The van der Waals surface area contributed by atoms with Crippen LogP contribution in [0.2, 0.25) is 0 Å². The van der Waals surface area contributed by atoms with Crippen LogP contribution in [0, 0.1) is 5.41 Å². The van der Waals surface area contributed by atoms with Gasteiger partial charge in [0.05, 0.1) is 0 Å². The predicted molar refractivity (Wildman–Crippen MR) is 156 cm³/mol. The maximum Gasteiger partial charge on any atom is 0.263 e. The molecule has 2 aliphatic rings. The Morgan fingerprint density at radius 1 is 0.972 bits per heavy atom. The lowest BCUT2D eigenvalue weighted by molar-refractivity contribution is -0.665. The highest BCUT2D eigenvalue weighted by Gasteiger charge is 2.38. The first kappa shape index (κ1) is 24.8. The highest BCUT2D eigenvalue weighted by Crippen LogP contribution is 2.47. The maximum absolute atomic E-state index is 2.47. The molecule has 0 radical (unpaired) electrons. The molecule has 1 aliphatic heterocycles. The van der Waals surface area contributed by atoms with Gasteiger partial charge in [0, 0.05) is 35.5 Å². The van der Waals surface area contributed by atoms with E-state index in [1.165, 1.54) is 43.3 Å². The minimum atomic E-state index is 0.0111. The molecule has 3 heteroatoms. The standard InChI is InChI=1S/C33H39N2S/c1-7-34-27-16-10-9-15-26(27)33(5,6)30(34)19-13-14-24-20-25(23-32(3,4)22-24)21-31-35(8-2)28-17-11-12-18-29(28)36-31/h9-21H,7-8,22-23H2,1-6H3/q+1. The lowest BCUT2D eigenvalue weighted by Gasteiger charge is -2.30. The van der Waals surface area contributed by atoms with Gasteiger partial charge in [-0.2, -0.15) is 4.57 Å². The lowest BCUT2D eigenvalue weighted by Crippen LogP contribution is -2.33. The van der Waals surface area contributed by atoms with E-state index >= 15 is 0 Å². The summed E-state index contributed by atoms with van der Waals surface area (Å²) in [4.78, 5) is 2.47. The number of benzene rings is 2. The molecule has 2 heterocycles. The number of rotatable bonds is 5. The van der Waals surface area contributed by atoms with Crippen LogP contribution in [0.3, 0.4) is 0 Å². The summed E-state index contributed by atoms with van der Waals surface area (Å²) in [7, 11) is 0. The molecule has 1 aliphatic carbocycles. The van der Waals surface area contributed by atoms with Gasteiger partial charge >= 0.3 is 0 Å². The summed E-state index contributed by atoms with van der Waals surface area (Å²) in [6.45, 7) is 15.9. The van der Waals surface area contributed by atoms with Gasteiger partial charge in [-0.3, -0.25) is 0 Å². The molecule has 0 unspecified atom stereocenters. The Labute approximate surface area is 221 Å². The molecule has 0 N–H and O–H groups in total. The van der Waals surface area contributed by atoms with Crippen molar-refractivity contribution in [3.8, 4) is 0 Å². The molecule has 0 fully saturated rings. The van der Waals surface area contributed by atoms with E-state index < -0.39 is 0 Å². The number of para-hydroxylation sites is 2. The van der Waals surface area contributed by atoms with Crippen LogP contribution < -0.4 is 9.47 Å². The Balaban J connectivity index is 1.47. The molecule has 0 saturated carbocycles. The average Bonchev–Trinajstić information content (AvgIpc) is 3.29. The van der Waals surface area contributed by atoms with Gasteiger partial charge in [0.15, 0.2) is 0 Å². The van der Waals surface area contributed by atoms with Gasteiger partial charge in [0.2, 0.25) is 5.52 Å². The molecule has 0 atom stereocenters. The third-order valence-corrected chi connectivity index (χ3v) is 8.79. The SMILES string of the molecule is CCN1/C(=C\C=C\C2=CC(=Cc3sc4ccccc4[n+]3CC)CC(C)(C)C2)C(C)(C)c2ccccc21. The summed E-state index contributed by atoms with van der Waals surface area (Å²) in [5.74, 6) is 0. The molecule has 186 valence electrons. The van der Waals surface area contributed by atoms with E-state index in [9.17, 15) is 0 Å². The zero-order valence-corrected chi connectivity index (χ0v) is 23.5. The highest BCUT2D eigenvalue weighted by molar-refractivity contribution is 7.18. The topological polar surface area (TPSA) is 7.12 Å². The van der Waals surface area contributed by atoms with Crippen LogP contribution in [-0.2, 0) is 12.0 Å². The molecule has 0 amide bonds. The van der Waals surface area contributed by atoms with Gasteiger partial charge in [0.1, 0.15) is 11.2 Å². The summed E-state index contributed by atoms with van der Waals surface area (Å²) in [5.41, 5.74) is 8.58. The summed E-state index contributed by atoms with van der Waals surface area (Å²) in [5, 5.41) is 1.34. The van der Waals surface area contributed by atoms with Crippen molar-refractivity contribution in [2.45, 2.75) is 66.3 Å². The van der Waals surface area contributed by atoms with Crippen molar-refractivity contribution < 1.29 is 4.57 Å². The highest BCUT2D eigenvalue weighted by atomic mass is 32.1. The largest absolute Gasteiger partial charge is 0.344 e. The summed E-state index contributed by atoms with van der Waals surface area (Å²) in [6.07, 6.45) is 14.0. The van der Waals surface area contributed by atoms with Gasteiger partial charge in [-0.15, -0.1) is 0 Å². The van der Waals surface area contributed by atoms with Crippen LogP contribution in [0.1, 0.15) is 65.0 Å². The average molecular weight is 496 g/mol. The van der Waals surface area contributed by atoms with Gasteiger partial charge in [-0.05, 0) is 67.0 Å². The minimum Gasteiger partial charge on any atom is -0.344 e. The van der Waals surface area contributed by atoms with Crippen LogP contribution in [0.5, 0.6) is 0 Å². The number of aromatic nitrogens is 1. The zero-order chi connectivity index (χ0) is 25.5. The monoisotopic (exact) mass is 495 g/mol. The number of anilines is 1. The quantitative estimate of drug-likeness (QED) is 0.321. The molecular formula is C33H39N2S+. The Morgan fingerprint density at radius 3 is 2.50 bits per heavy atom. The van der Waals surface area contributed by atoms with Crippen LogP contribution in [0.25, 0.3) is 16.3 Å². The Bertz CT molecular complexity index is 1410. The van der Waals surface area contributed by atoms with Crippen molar-refractivity contribution in [2.24, 2.45) is 5.41 Å². The fourth-order valence-electron chi connectivity index (χ4n) is 6.10. The molecule has 1 aromatic heterocycles. The number of hydrogen-bond acceptors (Lipinski definition) is 2. The van der Waals surface area contributed by atoms with Crippen LogP contribution >= 0.6 is 11.3 Å². The zero-order valence-electron chi connectivity index (χ0n) is 22.6. The van der Waals surface area contributed by atoms with Gasteiger partial charge in [0.25, 0.3) is 5.01 Å². The van der Waals surface area contributed by atoms with Crippen LogP contribution in [0.15, 0.2) is 89.7 Å². The first-order chi connectivity index (χ1) is 17.2. The number of likely N-dealkylation sites (N-methyl/N-ethyl adjacent to an activating group) is 1. The van der Waals surface area contributed by atoms with Crippen molar-refractivity contribution in [3.63, 3.8) is 0 Å². The molecule has 3 aromatic rings. The van der Waals surface area contributed by atoms with Crippen LogP contribution in [-0.4, -0.2) is 6.54 Å². The summed E-state index contributed by atoms with van der Waals surface area (Å²) < 4.78 is 3.80. The molecule has 5 rings (SSSR count). The van der Waals surface area contributed by atoms with Crippen molar-refractivity contribution in [1.29, 1.82) is 0 Å². The third-order valence-electron chi connectivity index (χ3n) is 7.68. The van der Waals surface area contributed by atoms with E-state index in [1.807, 2.05) is 11.3 Å². The van der Waals surface area contributed by atoms with E-state index in [2.05, 4.69) is 130 Å². The van der Waals surface area contributed by atoms with E-state index in [0.29, 0.717) is 0 Å². The number of thiazole rings is 1. The molecular weight excluding hydrogens is 456 g/mol. The molecule has 0 saturated heterocycles. The number of nitrogens with zero attached hydrogens (tertiary/aromatic N) is 2. The smallest absolute Gasteiger partial charge is 0.263 e. The number of aryl methyl sites for hydroxylation is 1. The number of hydrogen-bond donors (Lipinski definition) is 0. The minimum absolute atomic E-state index is 0.0111. The molecule has 2 nitrogen and oxygen atoms in total. The Kier molecular flexibility index (Phi) is 6.55. The van der Waals surface area contributed by atoms with Crippen molar-refractivity contribution in [1.82, 2.24) is 0 Å².